The highest BCUT2D eigenvalue weighted by Crippen LogP contribution is 2.42. The number of ether oxygens (including phenoxy) is 1. The van der Waals surface area contributed by atoms with Gasteiger partial charge in [0.2, 0.25) is 0 Å². The van der Waals surface area contributed by atoms with Crippen LogP contribution in [0.3, 0.4) is 0 Å². The Morgan fingerprint density at radius 1 is 1.00 bits per heavy atom. The van der Waals surface area contributed by atoms with Crippen molar-refractivity contribution in [3.63, 3.8) is 0 Å². The van der Waals surface area contributed by atoms with Crippen molar-refractivity contribution in [3.05, 3.63) is 82.6 Å². The zero-order chi connectivity index (χ0) is 19.9. The van der Waals surface area contributed by atoms with Crippen LogP contribution in [0.2, 0.25) is 5.02 Å². The Kier molecular flexibility index (Phi) is 6.90. The molecule has 0 amide bonds. The molecule has 3 rings (SSSR count). The first-order valence-corrected chi connectivity index (χ1v) is 9.74. The number of nitrogens with two attached hydrogens (primary N) is 1. The van der Waals surface area contributed by atoms with Crippen molar-refractivity contribution in [2.75, 3.05) is 18.4 Å². The molecule has 0 aliphatic heterocycles. The SMILES string of the molecule is CCc1c(OCc2ccccc2)ccc(Cl)c1-c1c(F)cccc1NCCN. The lowest BCUT2D eigenvalue weighted by Gasteiger charge is -2.19. The molecule has 0 spiro atoms. The van der Waals surface area contributed by atoms with Gasteiger partial charge in [0.05, 0.1) is 0 Å². The minimum absolute atomic E-state index is 0.334. The van der Waals surface area contributed by atoms with E-state index in [1.165, 1.54) is 6.07 Å². The van der Waals surface area contributed by atoms with Gasteiger partial charge in [-0.3, -0.25) is 0 Å². The Labute approximate surface area is 170 Å². The molecular formula is C23H24ClFN2O. The van der Waals surface area contributed by atoms with Crippen LogP contribution in [0.4, 0.5) is 10.1 Å². The van der Waals surface area contributed by atoms with Gasteiger partial charge in [-0.15, -0.1) is 0 Å². The zero-order valence-electron chi connectivity index (χ0n) is 15.8. The van der Waals surface area contributed by atoms with Crippen LogP contribution in [0.15, 0.2) is 60.7 Å². The van der Waals surface area contributed by atoms with Crippen LogP contribution in [0, 0.1) is 5.82 Å². The summed E-state index contributed by atoms with van der Waals surface area (Å²) in [6.45, 7) is 3.44. The minimum atomic E-state index is -0.334. The third kappa shape index (κ3) is 4.46. The van der Waals surface area contributed by atoms with Crippen molar-refractivity contribution in [2.24, 2.45) is 5.73 Å². The van der Waals surface area contributed by atoms with Gasteiger partial charge in [-0.25, -0.2) is 4.39 Å². The summed E-state index contributed by atoms with van der Waals surface area (Å²) in [4.78, 5) is 0. The summed E-state index contributed by atoms with van der Waals surface area (Å²) in [6, 6.07) is 18.5. The van der Waals surface area contributed by atoms with Crippen LogP contribution < -0.4 is 15.8 Å². The topological polar surface area (TPSA) is 47.3 Å². The fourth-order valence-electron chi connectivity index (χ4n) is 3.22. The van der Waals surface area contributed by atoms with Crippen LogP contribution in [0.25, 0.3) is 11.1 Å². The van der Waals surface area contributed by atoms with Crippen molar-refractivity contribution in [3.8, 4) is 16.9 Å². The van der Waals surface area contributed by atoms with E-state index in [1.54, 1.807) is 12.1 Å². The number of halogens is 2. The second-order valence-electron chi connectivity index (χ2n) is 6.40. The van der Waals surface area contributed by atoms with Crippen molar-refractivity contribution < 1.29 is 9.13 Å². The van der Waals surface area contributed by atoms with Gasteiger partial charge in [-0.05, 0) is 36.2 Å². The van der Waals surface area contributed by atoms with Crippen LogP contribution in [-0.2, 0) is 13.0 Å². The van der Waals surface area contributed by atoms with Gasteiger partial charge in [0.25, 0.3) is 0 Å². The highest BCUT2D eigenvalue weighted by Gasteiger charge is 2.20. The molecular weight excluding hydrogens is 375 g/mol. The van der Waals surface area contributed by atoms with Crippen molar-refractivity contribution in [1.82, 2.24) is 0 Å². The molecule has 0 saturated heterocycles. The molecule has 0 aliphatic rings. The van der Waals surface area contributed by atoms with Gasteiger partial charge in [0.15, 0.2) is 0 Å². The Bertz CT molecular complexity index is 931. The molecule has 3 aromatic rings. The minimum Gasteiger partial charge on any atom is -0.489 e. The van der Waals surface area contributed by atoms with E-state index < -0.39 is 0 Å². The number of hydrogen-bond acceptors (Lipinski definition) is 3. The number of hydrogen-bond donors (Lipinski definition) is 2. The van der Waals surface area contributed by atoms with E-state index in [2.05, 4.69) is 5.32 Å². The third-order valence-electron chi connectivity index (χ3n) is 4.53. The molecule has 0 heterocycles. The summed E-state index contributed by atoms with van der Waals surface area (Å²) in [5.74, 6) is 0.373. The van der Waals surface area contributed by atoms with Gasteiger partial charge in [0, 0.05) is 40.5 Å². The van der Waals surface area contributed by atoms with Gasteiger partial charge in [-0.1, -0.05) is 54.9 Å². The molecule has 3 N–H and O–H groups in total. The van der Waals surface area contributed by atoms with E-state index in [9.17, 15) is 4.39 Å². The predicted molar refractivity (Wildman–Crippen MR) is 115 cm³/mol. The largest absolute Gasteiger partial charge is 0.489 e. The number of nitrogens with one attached hydrogen (secondary N) is 1. The number of benzene rings is 3. The molecule has 0 atom stereocenters. The molecule has 0 fully saturated rings. The maximum atomic E-state index is 14.9. The molecule has 0 aromatic heterocycles. The number of rotatable bonds is 8. The second kappa shape index (κ2) is 9.58. The monoisotopic (exact) mass is 398 g/mol. The van der Waals surface area contributed by atoms with Crippen LogP contribution in [-0.4, -0.2) is 13.1 Å². The van der Waals surface area contributed by atoms with Crippen LogP contribution in [0.5, 0.6) is 5.75 Å². The molecule has 3 aromatic carbocycles. The fraction of sp³-hybridized carbons (Fsp3) is 0.217. The van der Waals surface area contributed by atoms with Crippen LogP contribution >= 0.6 is 11.6 Å². The maximum Gasteiger partial charge on any atom is 0.133 e. The average Bonchev–Trinajstić information content (AvgIpc) is 2.72. The molecule has 0 radical (unpaired) electrons. The fourth-order valence-corrected chi connectivity index (χ4v) is 3.50. The lowest BCUT2D eigenvalue weighted by Crippen LogP contribution is -2.14. The van der Waals surface area contributed by atoms with E-state index in [4.69, 9.17) is 22.1 Å². The van der Waals surface area contributed by atoms with Gasteiger partial charge in [0.1, 0.15) is 18.2 Å². The highest BCUT2D eigenvalue weighted by atomic mass is 35.5. The van der Waals surface area contributed by atoms with Crippen molar-refractivity contribution in [2.45, 2.75) is 20.0 Å². The quantitative estimate of drug-likeness (QED) is 0.514. The molecule has 0 bridgehead atoms. The Morgan fingerprint density at radius 3 is 2.50 bits per heavy atom. The molecule has 0 saturated carbocycles. The van der Waals surface area contributed by atoms with Gasteiger partial charge >= 0.3 is 0 Å². The normalized spacial score (nSPS) is 10.7. The zero-order valence-corrected chi connectivity index (χ0v) is 16.6. The van der Waals surface area contributed by atoms with E-state index in [0.29, 0.717) is 53.7 Å². The average molecular weight is 399 g/mol. The molecule has 3 nitrogen and oxygen atoms in total. The third-order valence-corrected chi connectivity index (χ3v) is 4.85. The Balaban J connectivity index is 2.04. The van der Waals surface area contributed by atoms with Crippen molar-refractivity contribution >= 4 is 17.3 Å². The lowest BCUT2D eigenvalue weighted by molar-refractivity contribution is 0.303. The summed E-state index contributed by atoms with van der Waals surface area (Å²) in [5.41, 5.74) is 9.33. The first kappa shape index (κ1) is 20.2. The van der Waals surface area contributed by atoms with Crippen molar-refractivity contribution in [1.29, 1.82) is 0 Å². The summed E-state index contributed by atoms with van der Waals surface area (Å²) in [7, 11) is 0. The molecule has 146 valence electrons. The van der Waals surface area contributed by atoms with E-state index in [0.717, 1.165) is 11.1 Å². The smallest absolute Gasteiger partial charge is 0.133 e. The lowest BCUT2D eigenvalue weighted by atomic mass is 9.95. The summed E-state index contributed by atoms with van der Waals surface area (Å²) in [5, 5.41) is 3.68. The summed E-state index contributed by atoms with van der Waals surface area (Å²) >= 11 is 6.54. The second-order valence-corrected chi connectivity index (χ2v) is 6.81. The van der Waals surface area contributed by atoms with Gasteiger partial charge in [-0.2, -0.15) is 0 Å². The predicted octanol–water partition coefficient (Wildman–Crippen LogP) is 5.66. The van der Waals surface area contributed by atoms with E-state index in [-0.39, 0.29) is 5.82 Å². The van der Waals surface area contributed by atoms with E-state index >= 15 is 0 Å². The molecule has 28 heavy (non-hydrogen) atoms. The molecule has 0 unspecified atom stereocenters. The first-order chi connectivity index (χ1) is 13.7. The van der Waals surface area contributed by atoms with Crippen LogP contribution in [0.1, 0.15) is 18.1 Å². The molecule has 0 aliphatic carbocycles. The summed E-state index contributed by atoms with van der Waals surface area (Å²) < 4.78 is 20.9. The maximum absolute atomic E-state index is 14.9. The Hall–Kier alpha value is -2.56. The Morgan fingerprint density at radius 2 is 1.79 bits per heavy atom. The first-order valence-electron chi connectivity index (χ1n) is 9.36. The molecule has 5 heteroatoms. The standard InChI is InChI=1S/C23H24ClFN2O/c1-2-17-21(28-15-16-7-4-3-5-8-16)12-11-18(24)22(17)23-19(25)9-6-10-20(23)27-14-13-26/h3-12,27H,2,13-15,26H2,1H3. The summed E-state index contributed by atoms with van der Waals surface area (Å²) in [6.07, 6.45) is 0.657. The highest BCUT2D eigenvalue weighted by molar-refractivity contribution is 6.33. The van der Waals surface area contributed by atoms with E-state index in [1.807, 2.05) is 49.4 Å². The number of anilines is 1. The van der Waals surface area contributed by atoms with Gasteiger partial charge < -0.3 is 15.8 Å².